The van der Waals surface area contributed by atoms with Crippen molar-refractivity contribution in [3.05, 3.63) is 29.8 Å². The lowest BCUT2D eigenvalue weighted by Gasteiger charge is -2.30. The molecule has 0 spiro atoms. The third-order valence-corrected chi connectivity index (χ3v) is 3.85. The summed E-state index contributed by atoms with van der Waals surface area (Å²) < 4.78 is 0. The van der Waals surface area contributed by atoms with E-state index in [-0.39, 0.29) is 11.8 Å². The average Bonchev–Trinajstić information content (AvgIpc) is 2.46. The summed E-state index contributed by atoms with van der Waals surface area (Å²) in [6, 6.07) is 7.80. The van der Waals surface area contributed by atoms with Crippen LogP contribution >= 0.6 is 0 Å². The lowest BCUT2D eigenvalue weighted by atomic mass is 9.98. The third-order valence-electron chi connectivity index (χ3n) is 3.85. The first kappa shape index (κ1) is 15.5. The van der Waals surface area contributed by atoms with Crippen LogP contribution in [0.3, 0.4) is 0 Å². The van der Waals surface area contributed by atoms with Gasteiger partial charge in [0.05, 0.1) is 5.92 Å². The molecule has 21 heavy (non-hydrogen) atoms. The number of carboxylic acid groups (broad SMARTS) is 1. The Hall–Kier alpha value is -1.88. The number of amides is 1. The van der Waals surface area contributed by atoms with Gasteiger partial charge in [-0.15, -0.1) is 0 Å². The summed E-state index contributed by atoms with van der Waals surface area (Å²) in [6.45, 7) is 4.00. The molecule has 0 aliphatic carbocycles. The van der Waals surface area contributed by atoms with Gasteiger partial charge in [0.2, 0.25) is 5.91 Å². The van der Waals surface area contributed by atoms with Crippen molar-refractivity contribution in [3.8, 4) is 0 Å². The predicted molar refractivity (Wildman–Crippen MR) is 81.2 cm³/mol. The number of benzene rings is 1. The number of hydrogen-bond donors (Lipinski definition) is 2. The standard InChI is InChI=1S/C16H22N2O3/c1-12(19)17-15-6-4-13(5-7-15)8-10-18-9-2-3-14(11-18)16(20)21/h4-7,14H,2-3,8-11H2,1H3,(H,17,19)(H,20,21). The van der Waals surface area contributed by atoms with Gasteiger partial charge in [0.1, 0.15) is 0 Å². The molecule has 0 saturated carbocycles. The number of nitrogens with zero attached hydrogens (tertiary/aromatic N) is 1. The molecule has 1 atom stereocenters. The number of hydrogen-bond acceptors (Lipinski definition) is 3. The maximum absolute atomic E-state index is 11.0. The minimum Gasteiger partial charge on any atom is -0.481 e. The molecule has 2 rings (SSSR count). The van der Waals surface area contributed by atoms with Crippen molar-refractivity contribution in [2.24, 2.45) is 5.92 Å². The van der Waals surface area contributed by atoms with Gasteiger partial charge in [0.15, 0.2) is 0 Å². The van der Waals surface area contributed by atoms with E-state index in [1.807, 2.05) is 24.3 Å². The SMILES string of the molecule is CC(=O)Nc1ccc(CCN2CCCC(C(=O)O)C2)cc1. The van der Waals surface area contributed by atoms with Crippen molar-refractivity contribution >= 4 is 17.6 Å². The molecule has 1 amide bonds. The number of rotatable bonds is 5. The second-order valence-corrected chi connectivity index (χ2v) is 5.61. The first-order valence-corrected chi connectivity index (χ1v) is 7.36. The highest BCUT2D eigenvalue weighted by Crippen LogP contribution is 2.17. The molecule has 1 fully saturated rings. The summed E-state index contributed by atoms with van der Waals surface area (Å²) in [5.41, 5.74) is 2.00. The summed E-state index contributed by atoms with van der Waals surface area (Å²) in [5, 5.41) is 11.8. The largest absolute Gasteiger partial charge is 0.481 e. The van der Waals surface area contributed by atoms with Gasteiger partial charge in [-0.3, -0.25) is 9.59 Å². The number of anilines is 1. The van der Waals surface area contributed by atoms with Crippen LogP contribution in [0.15, 0.2) is 24.3 Å². The minimum atomic E-state index is -0.681. The van der Waals surface area contributed by atoms with Crippen LogP contribution in [-0.4, -0.2) is 41.5 Å². The molecular weight excluding hydrogens is 268 g/mol. The molecule has 5 nitrogen and oxygen atoms in total. The van der Waals surface area contributed by atoms with E-state index in [9.17, 15) is 9.59 Å². The number of piperidine rings is 1. The van der Waals surface area contributed by atoms with Crippen molar-refractivity contribution in [2.45, 2.75) is 26.2 Å². The Morgan fingerprint density at radius 2 is 2.05 bits per heavy atom. The van der Waals surface area contributed by atoms with Crippen molar-refractivity contribution < 1.29 is 14.7 Å². The van der Waals surface area contributed by atoms with Crippen LogP contribution in [0, 0.1) is 5.92 Å². The molecule has 1 aliphatic heterocycles. The van der Waals surface area contributed by atoms with Gasteiger partial charge in [-0.1, -0.05) is 12.1 Å². The van der Waals surface area contributed by atoms with Crippen molar-refractivity contribution in [3.63, 3.8) is 0 Å². The highest BCUT2D eigenvalue weighted by molar-refractivity contribution is 5.88. The van der Waals surface area contributed by atoms with E-state index in [4.69, 9.17) is 5.11 Å². The van der Waals surface area contributed by atoms with Crippen molar-refractivity contribution in [1.29, 1.82) is 0 Å². The number of nitrogens with one attached hydrogen (secondary N) is 1. The Morgan fingerprint density at radius 3 is 2.67 bits per heavy atom. The maximum atomic E-state index is 11.0. The highest BCUT2D eigenvalue weighted by atomic mass is 16.4. The van der Waals surface area contributed by atoms with Gasteiger partial charge in [0, 0.05) is 25.7 Å². The van der Waals surface area contributed by atoms with Gasteiger partial charge < -0.3 is 15.3 Å². The lowest BCUT2D eigenvalue weighted by molar-refractivity contribution is -0.143. The summed E-state index contributed by atoms with van der Waals surface area (Å²) in [5.74, 6) is -0.976. The highest BCUT2D eigenvalue weighted by Gasteiger charge is 2.24. The van der Waals surface area contributed by atoms with Crippen molar-refractivity contribution in [1.82, 2.24) is 4.90 Å². The first-order chi connectivity index (χ1) is 10.0. The lowest BCUT2D eigenvalue weighted by Crippen LogP contribution is -2.39. The fraction of sp³-hybridized carbons (Fsp3) is 0.500. The number of carbonyl (C=O) groups excluding carboxylic acids is 1. The van der Waals surface area contributed by atoms with Gasteiger partial charge >= 0.3 is 5.97 Å². The van der Waals surface area contributed by atoms with Crippen LogP contribution in [-0.2, 0) is 16.0 Å². The van der Waals surface area contributed by atoms with Gasteiger partial charge in [-0.25, -0.2) is 0 Å². The van der Waals surface area contributed by atoms with E-state index in [1.165, 1.54) is 12.5 Å². The van der Waals surface area contributed by atoms with Crippen LogP contribution in [0.25, 0.3) is 0 Å². The molecule has 1 saturated heterocycles. The van der Waals surface area contributed by atoms with Crippen LogP contribution in [0.5, 0.6) is 0 Å². The number of likely N-dealkylation sites (tertiary alicyclic amines) is 1. The molecular formula is C16H22N2O3. The normalized spacial score (nSPS) is 19.2. The summed E-state index contributed by atoms with van der Waals surface area (Å²) >= 11 is 0. The first-order valence-electron chi connectivity index (χ1n) is 7.36. The quantitative estimate of drug-likeness (QED) is 0.870. The molecule has 1 aromatic carbocycles. The molecule has 114 valence electrons. The molecule has 1 aromatic rings. The third kappa shape index (κ3) is 4.86. The van der Waals surface area contributed by atoms with E-state index in [0.29, 0.717) is 6.54 Å². The summed E-state index contributed by atoms with van der Waals surface area (Å²) in [6.07, 6.45) is 2.64. The molecule has 1 heterocycles. The van der Waals surface area contributed by atoms with Gasteiger partial charge in [-0.2, -0.15) is 0 Å². The Balaban J connectivity index is 1.82. The predicted octanol–water partition coefficient (Wildman–Crippen LogP) is 1.98. The minimum absolute atomic E-state index is 0.0734. The topological polar surface area (TPSA) is 69.6 Å². The van der Waals surface area contributed by atoms with Crippen LogP contribution in [0.2, 0.25) is 0 Å². The molecule has 5 heteroatoms. The van der Waals surface area contributed by atoms with Crippen molar-refractivity contribution in [2.75, 3.05) is 25.0 Å². The zero-order valence-corrected chi connectivity index (χ0v) is 12.3. The Morgan fingerprint density at radius 1 is 1.33 bits per heavy atom. The molecule has 2 N–H and O–H groups in total. The number of carbonyl (C=O) groups is 2. The van der Waals surface area contributed by atoms with Crippen LogP contribution in [0.4, 0.5) is 5.69 Å². The van der Waals surface area contributed by atoms with E-state index in [0.717, 1.165) is 38.0 Å². The fourth-order valence-electron chi connectivity index (χ4n) is 2.71. The maximum Gasteiger partial charge on any atom is 0.307 e. The fourth-order valence-corrected chi connectivity index (χ4v) is 2.71. The molecule has 1 unspecified atom stereocenters. The Kier molecular flexibility index (Phi) is 5.33. The average molecular weight is 290 g/mol. The monoisotopic (exact) mass is 290 g/mol. The second kappa shape index (κ2) is 7.22. The van der Waals surface area contributed by atoms with Gasteiger partial charge in [-0.05, 0) is 43.5 Å². The Labute approximate surface area is 125 Å². The molecule has 1 aliphatic rings. The summed E-state index contributed by atoms with van der Waals surface area (Å²) in [4.78, 5) is 24.2. The van der Waals surface area contributed by atoms with E-state index in [1.54, 1.807) is 0 Å². The number of carboxylic acids is 1. The van der Waals surface area contributed by atoms with E-state index >= 15 is 0 Å². The smallest absolute Gasteiger partial charge is 0.307 e. The van der Waals surface area contributed by atoms with E-state index < -0.39 is 5.97 Å². The summed E-state index contributed by atoms with van der Waals surface area (Å²) in [7, 11) is 0. The Bertz CT molecular complexity index is 499. The zero-order valence-electron chi connectivity index (χ0n) is 12.3. The molecule has 0 radical (unpaired) electrons. The molecule has 0 aromatic heterocycles. The second-order valence-electron chi connectivity index (χ2n) is 5.61. The van der Waals surface area contributed by atoms with Crippen LogP contribution < -0.4 is 5.32 Å². The van der Waals surface area contributed by atoms with Crippen LogP contribution in [0.1, 0.15) is 25.3 Å². The van der Waals surface area contributed by atoms with Gasteiger partial charge in [0.25, 0.3) is 0 Å². The van der Waals surface area contributed by atoms with E-state index in [2.05, 4.69) is 10.2 Å². The molecule has 0 bridgehead atoms. The number of aliphatic carboxylic acids is 1. The zero-order chi connectivity index (χ0) is 15.2.